The van der Waals surface area contributed by atoms with Crippen LogP contribution in [0.1, 0.15) is 38.5 Å². The predicted molar refractivity (Wildman–Crippen MR) is 125 cm³/mol. The van der Waals surface area contributed by atoms with Gasteiger partial charge in [0.05, 0.1) is 18.0 Å². The summed E-state index contributed by atoms with van der Waals surface area (Å²) in [5.74, 6) is 2.12. The van der Waals surface area contributed by atoms with E-state index in [1.165, 1.54) is 0 Å². The van der Waals surface area contributed by atoms with Gasteiger partial charge in [0.15, 0.2) is 0 Å². The first-order valence-corrected chi connectivity index (χ1v) is 11.8. The maximum Gasteiger partial charge on any atom is 0.223 e. The monoisotopic (exact) mass is 441 g/mol. The third-order valence-corrected chi connectivity index (χ3v) is 6.30. The average Bonchev–Trinajstić information content (AvgIpc) is 2.85. The van der Waals surface area contributed by atoms with Gasteiger partial charge in [0.25, 0.3) is 0 Å². The maximum absolute atomic E-state index is 5.44. The van der Waals surface area contributed by atoms with Crippen molar-refractivity contribution in [1.29, 1.82) is 0 Å². The van der Waals surface area contributed by atoms with Gasteiger partial charge in [-0.3, -0.25) is 0 Å². The van der Waals surface area contributed by atoms with E-state index in [2.05, 4.69) is 30.9 Å². The summed E-state index contributed by atoms with van der Waals surface area (Å²) in [5.41, 5.74) is 1.60. The SMILES string of the molecule is COCCNC1CCC(Nc2nccc(-c3cc(NCC4CCOCC4)ncn3)n2)CC1. The van der Waals surface area contributed by atoms with Crippen LogP contribution < -0.4 is 16.0 Å². The lowest BCUT2D eigenvalue weighted by atomic mass is 9.91. The van der Waals surface area contributed by atoms with Gasteiger partial charge >= 0.3 is 0 Å². The fourth-order valence-corrected chi connectivity index (χ4v) is 4.35. The number of anilines is 2. The van der Waals surface area contributed by atoms with Crippen molar-refractivity contribution in [3.05, 3.63) is 24.7 Å². The molecule has 0 spiro atoms. The van der Waals surface area contributed by atoms with Crippen molar-refractivity contribution in [2.75, 3.05) is 50.7 Å². The van der Waals surface area contributed by atoms with E-state index in [9.17, 15) is 0 Å². The second kappa shape index (κ2) is 12.0. The quantitative estimate of drug-likeness (QED) is 0.480. The number of ether oxygens (including phenoxy) is 2. The van der Waals surface area contributed by atoms with Crippen LogP contribution in [0, 0.1) is 5.92 Å². The topological polar surface area (TPSA) is 106 Å². The van der Waals surface area contributed by atoms with Gasteiger partial charge < -0.3 is 25.4 Å². The second-order valence-corrected chi connectivity index (χ2v) is 8.63. The van der Waals surface area contributed by atoms with Crippen LogP contribution in [0.3, 0.4) is 0 Å². The number of nitrogens with zero attached hydrogens (tertiary/aromatic N) is 4. The number of rotatable bonds is 10. The largest absolute Gasteiger partial charge is 0.383 e. The first-order chi connectivity index (χ1) is 15.8. The van der Waals surface area contributed by atoms with Crippen molar-refractivity contribution in [3.63, 3.8) is 0 Å². The molecule has 2 fully saturated rings. The van der Waals surface area contributed by atoms with Crippen LogP contribution >= 0.6 is 0 Å². The molecule has 1 aliphatic heterocycles. The molecule has 3 heterocycles. The van der Waals surface area contributed by atoms with Crippen molar-refractivity contribution >= 4 is 11.8 Å². The first-order valence-electron chi connectivity index (χ1n) is 11.8. The van der Waals surface area contributed by atoms with Gasteiger partial charge in [0, 0.05) is 57.8 Å². The van der Waals surface area contributed by atoms with Gasteiger partial charge in [-0.1, -0.05) is 0 Å². The third-order valence-electron chi connectivity index (χ3n) is 6.30. The molecule has 9 nitrogen and oxygen atoms in total. The summed E-state index contributed by atoms with van der Waals surface area (Å²) in [4.78, 5) is 18.0. The molecule has 1 aliphatic carbocycles. The summed E-state index contributed by atoms with van der Waals surface area (Å²) in [6.07, 6.45) is 10.1. The molecule has 32 heavy (non-hydrogen) atoms. The highest BCUT2D eigenvalue weighted by atomic mass is 16.5. The molecule has 0 atom stereocenters. The lowest BCUT2D eigenvalue weighted by molar-refractivity contribution is 0.0699. The Labute approximate surface area is 190 Å². The predicted octanol–water partition coefficient (Wildman–Crippen LogP) is 2.73. The minimum Gasteiger partial charge on any atom is -0.383 e. The molecule has 0 aromatic carbocycles. The van der Waals surface area contributed by atoms with E-state index in [1.54, 1.807) is 19.6 Å². The van der Waals surface area contributed by atoms with Crippen molar-refractivity contribution in [3.8, 4) is 11.4 Å². The second-order valence-electron chi connectivity index (χ2n) is 8.63. The van der Waals surface area contributed by atoms with Gasteiger partial charge in [-0.2, -0.15) is 0 Å². The molecule has 0 unspecified atom stereocenters. The van der Waals surface area contributed by atoms with Crippen LogP contribution in [0.4, 0.5) is 11.8 Å². The molecular formula is C23H35N7O2. The van der Waals surface area contributed by atoms with Crippen LogP contribution in [0.15, 0.2) is 24.7 Å². The fraction of sp³-hybridized carbons (Fsp3) is 0.652. The van der Waals surface area contributed by atoms with E-state index in [1.807, 2.05) is 12.1 Å². The highest BCUT2D eigenvalue weighted by Gasteiger charge is 2.21. The van der Waals surface area contributed by atoms with Crippen LogP contribution in [-0.2, 0) is 9.47 Å². The Kier molecular flexibility index (Phi) is 8.58. The summed E-state index contributed by atoms with van der Waals surface area (Å²) in [7, 11) is 1.74. The Balaban J connectivity index is 1.30. The standard InChI is InChI=1S/C23H35N7O2/c1-31-13-10-24-18-2-4-19(5-3-18)29-23-25-9-6-20(30-23)21-14-22(28-16-27-21)26-15-17-7-11-32-12-8-17/h6,9,14,16-19,24H,2-5,7-8,10-13,15H2,1H3,(H,25,29,30)(H,26,27,28). The summed E-state index contributed by atoms with van der Waals surface area (Å²) >= 11 is 0. The Hall–Kier alpha value is -2.36. The lowest BCUT2D eigenvalue weighted by Gasteiger charge is -2.29. The molecule has 2 aromatic heterocycles. The third kappa shape index (κ3) is 6.82. The number of methoxy groups -OCH3 is 1. The Morgan fingerprint density at radius 2 is 1.81 bits per heavy atom. The molecule has 2 aromatic rings. The Bertz CT molecular complexity index is 823. The van der Waals surface area contributed by atoms with Gasteiger partial charge in [0.2, 0.25) is 5.95 Å². The number of aromatic nitrogens is 4. The molecule has 1 saturated carbocycles. The normalized spacial score (nSPS) is 21.9. The number of hydrogen-bond donors (Lipinski definition) is 3. The molecule has 0 radical (unpaired) electrons. The van der Waals surface area contributed by atoms with Gasteiger partial charge in [-0.25, -0.2) is 19.9 Å². The lowest BCUT2D eigenvalue weighted by Crippen LogP contribution is -2.38. The molecule has 0 amide bonds. The zero-order valence-corrected chi connectivity index (χ0v) is 18.9. The minimum atomic E-state index is 0.396. The minimum absolute atomic E-state index is 0.396. The van der Waals surface area contributed by atoms with Crippen molar-refractivity contribution in [1.82, 2.24) is 25.3 Å². The Morgan fingerprint density at radius 1 is 1.00 bits per heavy atom. The van der Waals surface area contributed by atoms with E-state index in [4.69, 9.17) is 14.5 Å². The maximum atomic E-state index is 5.44. The summed E-state index contributed by atoms with van der Waals surface area (Å²) < 4.78 is 10.6. The van der Waals surface area contributed by atoms with Crippen molar-refractivity contribution < 1.29 is 9.47 Å². The van der Waals surface area contributed by atoms with E-state index in [0.29, 0.717) is 23.9 Å². The molecule has 174 valence electrons. The highest BCUT2D eigenvalue weighted by molar-refractivity contribution is 5.59. The summed E-state index contributed by atoms with van der Waals surface area (Å²) in [5, 5.41) is 10.5. The van der Waals surface area contributed by atoms with Crippen molar-refractivity contribution in [2.45, 2.75) is 50.6 Å². The van der Waals surface area contributed by atoms with Crippen LogP contribution in [0.25, 0.3) is 11.4 Å². The van der Waals surface area contributed by atoms with Crippen LogP contribution in [0.2, 0.25) is 0 Å². The highest BCUT2D eigenvalue weighted by Crippen LogP contribution is 2.23. The fourth-order valence-electron chi connectivity index (χ4n) is 4.35. The molecule has 2 aliphatic rings. The van der Waals surface area contributed by atoms with Gasteiger partial charge in [-0.15, -0.1) is 0 Å². The van der Waals surface area contributed by atoms with E-state index >= 15 is 0 Å². The number of nitrogens with one attached hydrogen (secondary N) is 3. The molecule has 9 heteroatoms. The molecule has 1 saturated heterocycles. The van der Waals surface area contributed by atoms with Crippen LogP contribution in [0.5, 0.6) is 0 Å². The summed E-state index contributed by atoms with van der Waals surface area (Å²) in [6, 6.07) is 4.82. The molecule has 4 rings (SSSR count). The van der Waals surface area contributed by atoms with E-state index in [-0.39, 0.29) is 0 Å². The average molecular weight is 442 g/mol. The van der Waals surface area contributed by atoms with E-state index in [0.717, 1.165) is 88.6 Å². The molecule has 0 bridgehead atoms. The molecular weight excluding hydrogens is 406 g/mol. The number of hydrogen-bond acceptors (Lipinski definition) is 9. The van der Waals surface area contributed by atoms with Gasteiger partial charge in [0.1, 0.15) is 12.1 Å². The smallest absolute Gasteiger partial charge is 0.223 e. The molecule has 3 N–H and O–H groups in total. The Morgan fingerprint density at radius 3 is 2.62 bits per heavy atom. The first kappa shape index (κ1) is 22.8. The van der Waals surface area contributed by atoms with Gasteiger partial charge in [-0.05, 0) is 50.5 Å². The van der Waals surface area contributed by atoms with E-state index < -0.39 is 0 Å². The zero-order valence-electron chi connectivity index (χ0n) is 18.9. The summed E-state index contributed by atoms with van der Waals surface area (Å²) in [6.45, 7) is 4.28. The zero-order chi connectivity index (χ0) is 22.0. The van der Waals surface area contributed by atoms with Crippen LogP contribution in [-0.4, -0.2) is 72.0 Å². The van der Waals surface area contributed by atoms with Crippen molar-refractivity contribution in [2.24, 2.45) is 5.92 Å².